The molecule has 0 saturated carbocycles. The van der Waals surface area contributed by atoms with E-state index in [1.807, 2.05) is 6.92 Å². The lowest BCUT2D eigenvalue weighted by atomic mass is 9.96. The van der Waals surface area contributed by atoms with Gasteiger partial charge in [0.15, 0.2) is 0 Å². The Bertz CT molecular complexity index is 501. The van der Waals surface area contributed by atoms with Gasteiger partial charge in [0.2, 0.25) is 5.91 Å². The van der Waals surface area contributed by atoms with Crippen molar-refractivity contribution in [2.45, 2.75) is 32.2 Å². The molecule has 0 aromatic heterocycles. The molecule has 0 saturated heterocycles. The number of halogens is 1. The molecule has 1 aromatic carbocycles. The van der Waals surface area contributed by atoms with E-state index >= 15 is 0 Å². The standard InChI is InChI=1S/C13H18FN3O2/c1-3-6-13(2,16)12(19)17-8-4-5-10(14)9(7-8)11(15)18/h4-5,7H,3,6,16H2,1-2H3,(H2,15,18)(H,17,19). The van der Waals surface area contributed by atoms with E-state index in [9.17, 15) is 14.0 Å². The minimum atomic E-state index is -1.02. The Kier molecular flexibility index (Phi) is 4.61. The van der Waals surface area contributed by atoms with E-state index in [1.54, 1.807) is 6.92 Å². The van der Waals surface area contributed by atoms with Crippen LogP contribution in [-0.2, 0) is 4.79 Å². The van der Waals surface area contributed by atoms with Gasteiger partial charge in [0.05, 0.1) is 11.1 Å². The molecular weight excluding hydrogens is 249 g/mol. The van der Waals surface area contributed by atoms with Gasteiger partial charge < -0.3 is 16.8 Å². The van der Waals surface area contributed by atoms with Crippen LogP contribution in [0.15, 0.2) is 18.2 Å². The van der Waals surface area contributed by atoms with Gasteiger partial charge in [-0.15, -0.1) is 0 Å². The summed E-state index contributed by atoms with van der Waals surface area (Å²) in [4.78, 5) is 22.9. The van der Waals surface area contributed by atoms with E-state index in [4.69, 9.17) is 11.5 Å². The normalized spacial score (nSPS) is 13.7. The molecule has 104 valence electrons. The monoisotopic (exact) mass is 267 g/mol. The van der Waals surface area contributed by atoms with Crippen molar-refractivity contribution in [3.05, 3.63) is 29.6 Å². The van der Waals surface area contributed by atoms with Gasteiger partial charge in [0.1, 0.15) is 5.82 Å². The maximum Gasteiger partial charge on any atom is 0.251 e. The number of carbonyl (C=O) groups excluding carboxylic acids is 2. The zero-order valence-corrected chi connectivity index (χ0v) is 11.0. The summed E-state index contributed by atoms with van der Waals surface area (Å²) in [6, 6.07) is 3.61. The summed E-state index contributed by atoms with van der Waals surface area (Å²) in [6.45, 7) is 3.53. The van der Waals surface area contributed by atoms with Gasteiger partial charge in [-0.2, -0.15) is 0 Å². The molecule has 0 heterocycles. The van der Waals surface area contributed by atoms with Crippen molar-refractivity contribution >= 4 is 17.5 Å². The third-order valence-electron chi connectivity index (χ3n) is 2.78. The highest BCUT2D eigenvalue weighted by Gasteiger charge is 2.27. The van der Waals surface area contributed by atoms with Crippen LogP contribution in [0.5, 0.6) is 0 Å². The van der Waals surface area contributed by atoms with Crippen LogP contribution >= 0.6 is 0 Å². The van der Waals surface area contributed by atoms with Crippen LogP contribution in [0.4, 0.5) is 10.1 Å². The van der Waals surface area contributed by atoms with Crippen molar-refractivity contribution in [1.82, 2.24) is 0 Å². The SMILES string of the molecule is CCCC(C)(N)C(=O)Nc1ccc(F)c(C(N)=O)c1. The molecule has 5 N–H and O–H groups in total. The largest absolute Gasteiger partial charge is 0.366 e. The second-order valence-corrected chi connectivity index (χ2v) is 4.68. The molecular formula is C13H18FN3O2. The summed E-state index contributed by atoms with van der Waals surface area (Å²) >= 11 is 0. The van der Waals surface area contributed by atoms with Crippen molar-refractivity contribution < 1.29 is 14.0 Å². The van der Waals surface area contributed by atoms with Crippen molar-refractivity contribution in [1.29, 1.82) is 0 Å². The number of rotatable bonds is 5. The van der Waals surface area contributed by atoms with Gasteiger partial charge >= 0.3 is 0 Å². The van der Waals surface area contributed by atoms with E-state index in [2.05, 4.69) is 5.32 Å². The molecule has 1 atom stereocenters. The van der Waals surface area contributed by atoms with Gasteiger partial charge in [-0.05, 0) is 31.5 Å². The van der Waals surface area contributed by atoms with Crippen molar-refractivity contribution in [2.75, 3.05) is 5.32 Å². The number of benzene rings is 1. The Hall–Kier alpha value is -1.95. The van der Waals surface area contributed by atoms with Crippen LogP contribution in [-0.4, -0.2) is 17.4 Å². The fraction of sp³-hybridized carbons (Fsp3) is 0.385. The molecule has 0 radical (unpaired) electrons. The van der Waals surface area contributed by atoms with Gasteiger partial charge in [-0.1, -0.05) is 13.3 Å². The maximum atomic E-state index is 13.3. The number of carbonyl (C=O) groups is 2. The number of anilines is 1. The first kappa shape index (κ1) is 15.1. The average molecular weight is 267 g/mol. The highest BCUT2D eigenvalue weighted by atomic mass is 19.1. The van der Waals surface area contributed by atoms with E-state index < -0.39 is 23.2 Å². The Labute approximate surface area is 111 Å². The van der Waals surface area contributed by atoms with E-state index in [-0.39, 0.29) is 11.3 Å². The minimum absolute atomic E-state index is 0.271. The summed E-state index contributed by atoms with van der Waals surface area (Å²) in [6.07, 6.45) is 1.28. The summed E-state index contributed by atoms with van der Waals surface area (Å²) in [7, 11) is 0. The van der Waals surface area contributed by atoms with Crippen LogP contribution in [0.3, 0.4) is 0 Å². The van der Waals surface area contributed by atoms with Gasteiger partial charge in [-0.25, -0.2) is 4.39 Å². The van der Waals surface area contributed by atoms with E-state index in [1.165, 1.54) is 12.1 Å². The summed E-state index contributed by atoms with van der Waals surface area (Å²) in [5.41, 5.74) is 9.90. The Morgan fingerprint density at radius 1 is 1.42 bits per heavy atom. The van der Waals surface area contributed by atoms with Crippen LogP contribution in [0, 0.1) is 5.82 Å². The van der Waals surface area contributed by atoms with Crippen LogP contribution < -0.4 is 16.8 Å². The first-order valence-corrected chi connectivity index (χ1v) is 5.97. The average Bonchev–Trinajstić information content (AvgIpc) is 2.31. The molecule has 0 aliphatic rings. The lowest BCUT2D eigenvalue weighted by Gasteiger charge is -2.22. The highest BCUT2D eigenvalue weighted by Crippen LogP contribution is 2.17. The number of nitrogens with one attached hydrogen (secondary N) is 1. The number of hydrogen-bond acceptors (Lipinski definition) is 3. The molecule has 1 unspecified atom stereocenters. The summed E-state index contributed by atoms with van der Waals surface area (Å²) in [5, 5.41) is 2.55. The molecule has 0 fully saturated rings. The maximum absolute atomic E-state index is 13.3. The lowest BCUT2D eigenvalue weighted by molar-refractivity contribution is -0.120. The van der Waals surface area contributed by atoms with Crippen LogP contribution in [0.1, 0.15) is 37.0 Å². The predicted octanol–water partition coefficient (Wildman–Crippen LogP) is 1.38. The molecule has 1 rings (SSSR count). The molecule has 5 nitrogen and oxygen atoms in total. The number of amides is 2. The second-order valence-electron chi connectivity index (χ2n) is 4.68. The molecule has 0 bridgehead atoms. The minimum Gasteiger partial charge on any atom is -0.366 e. The van der Waals surface area contributed by atoms with Crippen LogP contribution in [0.25, 0.3) is 0 Å². The zero-order valence-electron chi connectivity index (χ0n) is 11.0. The third kappa shape index (κ3) is 3.75. The molecule has 0 spiro atoms. The zero-order chi connectivity index (χ0) is 14.6. The van der Waals surface area contributed by atoms with Gasteiger partial charge in [0, 0.05) is 5.69 Å². The first-order valence-electron chi connectivity index (χ1n) is 5.97. The number of primary amides is 1. The Morgan fingerprint density at radius 3 is 2.58 bits per heavy atom. The first-order chi connectivity index (χ1) is 8.77. The van der Waals surface area contributed by atoms with Gasteiger partial charge in [0.25, 0.3) is 5.91 Å². The number of nitrogens with two attached hydrogens (primary N) is 2. The third-order valence-corrected chi connectivity index (χ3v) is 2.78. The van der Waals surface area contributed by atoms with Crippen molar-refractivity contribution in [3.8, 4) is 0 Å². The highest BCUT2D eigenvalue weighted by molar-refractivity contribution is 5.99. The van der Waals surface area contributed by atoms with E-state index in [0.29, 0.717) is 6.42 Å². The second kappa shape index (κ2) is 5.79. The smallest absolute Gasteiger partial charge is 0.251 e. The van der Waals surface area contributed by atoms with E-state index in [0.717, 1.165) is 12.5 Å². The molecule has 2 amide bonds. The Balaban J connectivity index is 2.92. The molecule has 19 heavy (non-hydrogen) atoms. The van der Waals surface area contributed by atoms with Crippen molar-refractivity contribution in [3.63, 3.8) is 0 Å². The predicted molar refractivity (Wildman–Crippen MR) is 71.0 cm³/mol. The molecule has 0 aliphatic heterocycles. The summed E-state index contributed by atoms with van der Waals surface area (Å²) < 4.78 is 13.3. The molecule has 1 aromatic rings. The fourth-order valence-corrected chi connectivity index (χ4v) is 1.70. The topological polar surface area (TPSA) is 98.2 Å². The molecule has 0 aliphatic carbocycles. The van der Waals surface area contributed by atoms with Crippen molar-refractivity contribution in [2.24, 2.45) is 11.5 Å². The quantitative estimate of drug-likeness (QED) is 0.751. The van der Waals surface area contributed by atoms with Gasteiger partial charge in [-0.3, -0.25) is 9.59 Å². The lowest BCUT2D eigenvalue weighted by Crippen LogP contribution is -2.48. The molecule has 6 heteroatoms. The fourth-order valence-electron chi connectivity index (χ4n) is 1.70. The summed E-state index contributed by atoms with van der Waals surface area (Å²) in [5.74, 6) is -2.01. The Morgan fingerprint density at radius 2 is 2.05 bits per heavy atom. The van der Waals surface area contributed by atoms with Crippen LogP contribution in [0.2, 0.25) is 0 Å². The number of hydrogen-bond donors (Lipinski definition) is 3.